The van der Waals surface area contributed by atoms with E-state index in [1.165, 1.54) is 0 Å². The molecule has 0 fully saturated rings. The maximum Gasteiger partial charge on any atom is 0.357 e. The molecular formula is C16H23NO3. The van der Waals surface area contributed by atoms with E-state index in [4.69, 9.17) is 4.84 Å². The molecule has 0 spiro atoms. The third-order valence-electron chi connectivity index (χ3n) is 3.00. The van der Waals surface area contributed by atoms with Gasteiger partial charge in [-0.3, -0.25) is 4.79 Å². The second-order valence-electron chi connectivity index (χ2n) is 4.71. The summed E-state index contributed by atoms with van der Waals surface area (Å²) in [6.07, 6.45) is 4.21. The van der Waals surface area contributed by atoms with Crippen molar-refractivity contribution in [3.63, 3.8) is 0 Å². The number of benzene rings is 1. The summed E-state index contributed by atoms with van der Waals surface area (Å²) in [6.45, 7) is 4.71. The topological polar surface area (TPSA) is 55.4 Å². The van der Waals surface area contributed by atoms with E-state index < -0.39 is 5.97 Å². The van der Waals surface area contributed by atoms with Gasteiger partial charge in [0.15, 0.2) is 5.78 Å². The van der Waals surface area contributed by atoms with Crippen molar-refractivity contribution < 1.29 is 14.4 Å². The number of rotatable bonds is 9. The third kappa shape index (κ3) is 5.13. The highest BCUT2D eigenvalue weighted by Crippen LogP contribution is 2.14. The Bertz CT molecular complexity index is 443. The zero-order valence-corrected chi connectivity index (χ0v) is 12.3. The Labute approximate surface area is 120 Å². The minimum Gasteiger partial charge on any atom is -0.367 e. The van der Waals surface area contributed by atoms with E-state index in [1.54, 1.807) is 24.3 Å². The summed E-state index contributed by atoms with van der Waals surface area (Å²) in [7, 11) is 0. The highest BCUT2D eigenvalue weighted by molar-refractivity contribution is 6.06. The Morgan fingerprint density at radius 1 is 1.05 bits per heavy atom. The van der Waals surface area contributed by atoms with Crippen LogP contribution in [0, 0.1) is 0 Å². The molecule has 0 aromatic heterocycles. The van der Waals surface area contributed by atoms with Crippen LogP contribution in [-0.2, 0) is 4.84 Å². The number of unbranched alkanes of at least 4 members (excludes halogenated alkanes) is 2. The van der Waals surface area contributed by atoms with E-state index in [0.29, 0.717) is 24.1 Å². The van der Waals surface area contributed by atoms with E-state index in [2.05, 4.69) is 12.4 Å². The van der Waals surface area contributed by atoms with E-state index in [1.807, 2.05) is 6.92 Å². The predicted molar refractivity (Wildman–Crippen MR) is 78.6 cm³/mol. The molecule has 4 heteroatoms. The number of nitrogens with one attached hydrogen (secondary N) is 1. The number of carbonyl (C=O) groups is 2. The Kier molecular flexibility index (Phi) is 7.58. The van der Waals surface area contributed by atoms with Gasteiger partial charge in [0.1, 0.15) is 0 Å². The number of hydroxylamine groups is 1. The summed E-state index contributed by atoms with van der Waals surface area (Å²) in [4.78, 5) is 29.0. The van der Waals surface area contributed by atoms with Gasteiger partial charge in [0.05, 0.1) is 5.56 Å². The second kappa shape index (κ2) is 9.26. The summed E-state index contributed by atoms with van der Waals surface area (Å²) in [6, 6.07) is 6.81. The highest BCUT2D eigenvalue weighted by atomic mass is 16.7. The SMILES string of the molecule is CCCCNOC(=O)c1ccccc1C(=O)CCCC. The van der Waals surface area contributed by atoms with E-state index in [-0.39, 0.29) is 5.78 Å². The van der Waals surface area contributed by atoms with Gasteiger partial charge in [-0.2, -0.15) is 5.48 Å². The van der Waals surface area contributed by atoms with Crippen LogP contribution in [-0.4, -0.2) is 18.3 Å². The first-order chi connectivity index (χ1) is 9.70. The zero-order valence-electron chi connectivity index (χ0n) is 12.3. The van der Waals surface area contributed by atoms with Crippen molar-refractivity contribution in [2.24, 2.45) is 0 Å². The van der Waals surface area contributed by atoms with Crippen LogP contribution in [0.2, 0.25) is 0 Å². The van der Waals surface area contributed by atoms with E-state index in [0.717, 1.165) is 25.7 Å². The minimum absolute atomic E-state index is 0.00652. The molecule has 0 atom stereocenters. The lowest BCUT2D eigenvalue weighted by molar-refractivity contribution is 0.0250. The summed E-state index contributed by atoms with van der Waals surface area (Å²) in [5.74, 6) is -0.505. The number of hydrogen-bond donors (Lipinski definition) is 1. The third-order valence-corrected chi connectivity index (χ3v) is 3.00. The monoisotopic (exact) mass is 277 g/mol. The second-order valence-corrected chi connectivity index (χ2v) is 4.71. The minimum atomic E-state index is -0.499. The number of ketones is 1. The predicted octanol–water partition coefficient (Wildman–Crippen LogP) is 3.52. The van der Waals surface area contributed by atoms with Gasteiger partial charge < -0.3 is 4.84 Å². The molecular weight excluding hydrogens is 254 g/mol. The summed E-state index contributed by atoms with van der Waals surface area (Å²) in [5, 5.41) is 0. The molecule has 0 radical (unpaired) electrons. The molecule has 1 aromatic rings. The van der Waals surface area contributed by atoms with Crippen LogP contribution < -0.4 is 5.48 Å². The van der Waals surface area contributed by atoms with E-state index >= 15 is 0 Å². The van der Waals surface area contributed by atoms with Gasteiger partial charge >= 0.3 is 5.97 Å². The van der Waals surface area contributed by atoms with Crippen LogP contribution in [0.5, 0.6) is 0 Å². The van der Waals surface area contributed by atoms with Crippen molar-refractivity contribution in [2.75, 3.05) is 6.54 Å². The van der Waals surface area contributed by atoms with Crippen LogP contribution in [0.15, 0.2) is 24.3 Å². The lowest BCUT2D eigenvalue weighted by Crippen LogP contribution is -2.22. The summed E-state index contributed by atoms with van der Waals surface area (Å²) in [5.41, 5.74) is 3.41. The normalized spacial score (nSPS) is 10.3. The van der Waals surface area contributed by atoms with Gasteiger partial charge in [0.25, 0.3) is 0 Å². The molecule has 1 aromatic carbocycles. The van der Waals surface area contributed by atoms with Crippen LogP contribution in [0.3, 0.4) is 0 Å². The van der Waals surface area contributed by atoms with Crippen molar-refractivity contribution in [3.05, 3.63) is 35.4 Å². The Balaban J connectivity index is 2.69. The van der Waals surface area contributed by atoms with Gasteiger partial charge in [0.2, 0.25) is 0 Å². The van der Waals surface area contributed by atoms with Crippen molar-refractivity contribution in [2.45, 2.75) is 46.0 Å². The van der Waals surface area contributed by atoms with Crippen LogP contribution >= 0.6 is 0 Å². The number of Topliss-reactive ketones (excluding diaryl/α,β-unsaturated/α-hetero) is 1. The molecule has 0 aliphatic rings. The van der Waals surface area contributed by atoms with Crippen molar-refractivity contribution in [1.82, 2.24) is 5.48 Å². The molecule has 0 heterocycles. The van der Waals surface area contributed by atoms with Gasteiger partial charge in [0, 0.05) is 18.5 Å². The molecule has 1 rings (SSSR count). The Morgan fingerprint density at radius 2 is 1.70 bits per heavy atom. The summed E-state index contributed by atoms with van der Waals surface area (Å²) >= 11 is 0. The lowest BCUT2D eigenvalue weighted by Gasteiger charge is -2.09. The average Bonchev–Trinajstić information content (AvgIpc) is 2.49. The molecule has 0 aliphatic carbocycles. The first kappa shape index (κ1) is 16.4. The fraction of sp³-hybridized carbons (Fsp3) is 0.500. The molecule has 0 amide bonds. The molecule has 4 nitrogen and oxygen atoms in total. The van der Waals surface area contributed by atoms with Gasteiger partial charge in [-0.15, -0.1) is 0 Å². The molecule has 20 heavy (non-hydrogen) atoms. The average molecular weight is 277 g/mol. The highest BCUT2D eigenvalue weighted by Gasteiger charge is 2.17. The van der Waals surface area contributed by atoms with Gasteiger partial charge in [-0.05, 0) is 18.9 Å². The zero-order chi connectivity index (χ0) is 14.8. The molecule has 1 N–H and O–H groups in total. The number of hydrogen-bond acceptors (Lipinski definition) is 4. The Morgan fingerprint density at radius 3 is 2.35 bits per heavy atom. The van der Waals surface area contributed by atoms with Gasteiger partial charge in [-0.25, -0.2) is 4.79 Å². The quantitative estimate of drug-likeness (QED) is 0.426. The molecule has 110 valence electrons. The van der Waals surface area contributed by atoms with Gasteiger partial charge in [-0.1, -0.05) is 44.9 Å². The van der Waals surface area contributed by atoms with Crippen LogP contribution in [0.25, 0.3) is 0 Å². The fourth-order valence-electron chi connectivity index (χ4n) is 1.80. The van der Waals surface area contributed by atoms with Crippen molar-refractivity contribution in [1.29, 1.82) is 0 Å². The maximum atomic E-state index is 12.1. The molecule has 0 bridgehead atoms. The lowest BCUT2D eigenvalue weighted by atomic mass is 10.0. The first-order valence-electron chi connectivity index (χ1n) is 7.27. The van der Waals surface area contributed by atoms with Crippen LogP contribution in [0.1, 0.15) is 66.7 Å². The maximum absolute atomic E-state index is 12.1. The standard InChI is InChI=1S/C16H23NO3/c1-3-5-11-15(18)13-9-7-8-10-14(13)16(19)20-17-12-6-4-2/h7-10,17H,3-6,11-12H2,1-2H3. The summed E-state index contributed by atoms with van der Waals surface area (Å²) < 4.78 is 0. The molecule has 0 unspecified atom stereocenters. The largest absolute Gasteiger partial charge is 0.367 e. The first-order valence-corrected chi connectivity index (χ1v) is 7.27. The molecule has 0 saturated carbocycles. The van der Waals surface area contributed by atoms with Crippen LogP contribution in [0.4, 0.5) is 0 Å². The Hall–Kier alpha value is -1.68. The fourth-order valence-corrected chi connectivity index (χ4v) is 1.80. The van der Waals surface area contributed by atoms with E-state index in [9.17, 15) is 9.59 Å². The van der Waals surface area contributed by atoms with Crippen molar-refractivity contribution in [3.8, 4) is 0 Å². The molecule has 0 saturated heterocycles. The van der Waals surface area contributed by atoms with Crippen molar-refractivity contribution >= 4 is 11.8 Å². The number of carbonyl (C=O) groups excluding carboxylic acids is 2. The smallest absolute Gasteiger partial charge is 0.357 e. The molecule has 0 aliphatic heterocycles.